The molecular weight excluding hydrogens is 230 g/mol. The predicted octanol–water partition coefficient (Wildman–Crippen LogP) is 4.33. The maximum absolute atomic E-state index is 9.68. The quantitative estimate of drug-likeness (QED) is 0.464. The average molecular weight is 251 g/mol. The second-order valence-electron chi connectivity index (χ2n) is 4.46. The third kappa shape index (κ3) is 4.35. The predicted molar refractivity (Wildman–Crippen MR) is 77.9 cm³/mol. The van der Waals surface area contributed by atoms with Crippen LogP contribution in [0.3, 0.4) is 0 Å². The Morgan fingerprint density at radius 2 is 1.82 bits per heavy atom. The summed E-state index contributed by atoms with van der Waals surface area (Å²) < 4.78 is 0. The number of hydrogen-bond donors (Lipinski definition) is 2. The Bertz CT molecular complexity index is 378. The minimum atomic E-state index is 0.368. The molecule has 0 amide bonds. The molecule has 2 N–H and O–H groups in total. The van der Waals surface area contributed by atoms with Crippen LogP contribution in [-0.4, -0.2) is 10.1 Å². The molecule has 94 valence electrons. The molecule has 17 heavy (non-hydrogen) atoms. The Morgan fingerprint density at radius 3 is 2.35 bits per heavy atom. The van der Waals surface area contributed by atoms with Gasteiger partial charge in [-0.1, -0.05) is 32.0 Å². The zero-order valence-corrected chi connectivity index (χ0v) is 11.7. The molecule has 0 bridgehead atoms. The summed E-state index contributed by atoms with van der Waals surface area (Å²) in [5.41, 5.74) is 2.73. The lowest BCUT2D eigenvalue weighted by Crippen LogP contribution is -2.09. The van der Waals surface area contributed by atoms with Crippen LogP contribution in [0, 0.1) is 13.8 Å². The molecule has 0 aliphatic carbocycles. The minimum absolute atomic E-state index is 0.368. The van der Waals surface area contributed by atoms with Crippen molar-refractivity contribution in [1.29, 1.82) is 0 Å². The number of phenols is 1. The zero-order valence-electron chi connectivity index (χ0n) is 10.8. The Labute approximate surface area is 109 Å². The van der Waals surface area contributed by atoms with Crippen molar-refractivity contribution in [1.82, 2.24) is 0 Å². The summed E-state index contributed by atoms with van der Waals surface area (Å²) in [6.07, 6.45) is 4.50. The van der Waals surface area contributed by atoms with Crippen LogP contribution in [0.1, 0.15) is 43.7 Å². The van der Waals surface area contributed by atoms with Gasteiger partial charge in [0, 0.05) is 5.69 Å². The summed E-state index contributed by atoms with van der Waals surface area (Å²) in [5, 5.41) is 12.9. The SMILES string of the molecule is CCCCCC(=S)Nc1cc(C)c(O)c(C)c1. The summed E-state index contributed by atoms with van der Waals surface area (Å²) >= 11 is 5.30. The summed E-state index contributed by atoms with van der Waals surface area (Å²) in [6, 6.07) is 3.85. The van der Waals surface area contributed by atoms with E-state index in [2.05, 4.69) is 12.2 Å². The van der Waals surface area contributed by atoms with Crippen LogP contribution in [0.2, 0.25) is 0 Å². The normalized spacial score (nSPS) is 10.3. The van der Waals surface area contributed by atoms with E-state index in [1.54, 1.807) is 0 Å². The smallest absolute Gasteiger partial charge is 0.121 e. The van der Waals surface area contributed by atoms with Gasteiger partial charge in [0.2, 0.25) is 0 Å². The van der Waals surface area contributed by atoms with Crippen molar-refractivity contribution < 1.29 is 5.11 Å². The van der Waals surface area contributed by atoms with Gasteiger partial charge in [-0.15, -0.1) is 0 Å². The number of aryl methyl sites for hydroxylation is 2. The fourth-order valence-corrected chi connectivity index (χ4v) is 2.05. The van der Waals surface area contributed by atoms with Gasteiger partial charge in [0.25, 0.3) is 0 Å². The fourth-order valence-electron chi connectivity index (χ4n) is 1.79. The highest BCUT2D eigenvalue weighted by Gasteiger charge is 2.04. The number of nitrogens with one attached hydrogen (secondary N) is 1. The van der Waals surface area contributed by atoms with Crippen molar-refractivity contribution >= 4 is 22.9 Å². The number of rotatable bonds is 5. The van der Waals surface area contributed by atoms with Crippen molar-refractivity contribution in [2.45, 2.75) is 46.5 Å². The summed E-state index contributed by atoms with van der Waals surface area (Å²) in [4.78, 5) is 0.878. The maximum Gasteiger partial charge on any atom is 0.121 e. The Kier molecular flexibility index (Phi) is 5.42. The molecule has 0 radical (unpaired) electrons. The van der Waals surface area contributed by atoms with E-state index in [0.29, 0.717) is 5.75 Å². The third-order valence-electron chi connectivity index (χ3n) is 2.78. The standard InChI is InChI=1S/C14H21NOS/c1-4-5-6-7-13(17)15-12-8-10(2)14(16)11(3)9-12/h8-9,16H,4-7H2,1-3H3,(H,15,17). The van der Waals surface area contributed by atoms with Gasteiger partial charge in [-0.2, -0.15) is 0 Å². The van der Waals surface area contributed by atoms with Gasteiger partial charge in [-0.3, -0.25) is 0 Å². The fraction of sp³-hybridized carbons (Fsp3) is 0.500. The maximum atomic E-state index is 9.68. The van der Waals surface area contributed by atoms with Gasteiger partial charge >= 0.3 is 0 Å². The molecule has 3 heteroatoms. The number of benzene rings is 1. The third-order valence-corrected chi connectivity index (χ3v) is 3.09. The monoisotopic (exact) mass is 251 g/mol. The molecule has 0 aliphatic rings. The van der Waals surface area contributed by atoms with Crippen LogP contribution >= 0.6 is 12.2 Å². The summed E-state index contributed by atoms with van der Waals surface area (Å²) in [7, 11) is 0. The largest absolute Gasteiger partial charge is 0.507 e. The second kappa shape index (κ2) is 6.60. The van der Waals surface area contributed by atoms with Crippen molar-refractivity contribution in [3.63, 3.8) is 0 Å². The molecule has 1 aromatic rings. The lowest BCUT2D eigenvalue weighted by atomic mass is 10.1. The lowest BCUT2D eigenvalue weighted by Gasteiger charge is -2.11. The molecule has 1 aromatic carbocycles. The molecule has 0 aliphatic heterocycles. The Hall–Kier alpha value is -1.09. The van der Waals surface area contributed by atoms with E-state index >= 15 is 0 Å². The number of aromatic hydroxyl groups is 1. The second-order valence-corrected chi connectivity index (χ2v) is 4.96. The molecular formula is C14H21NOS. The van der Waals surface area contributed by atoms with Crippen LogP contribution in [0.5, 0.6) is 5.75 Å². The number of thiocarbonyl (C=S) groups is 1. The van der Waals surface area contributed by atoms with Crippen molar-refractivity contribution in [3.8, 4) is 5.75 Å². The molecule has 0 fully saturated rings. The van der Waals surface area contributed by atoms with Crippen molar-refractivity contribution in [2.75, 3.05) is 5.32 Å². The topological polar surface area (TPSA) is 32.3 Å². The number of phenolic OH excluding ortho intramolecular Hbond substituents is 1. The molecule has 0 aromatic heterocycles. The van der Waals surface area contributed by atoms with Crippen molar-refractivity contribution in [3.05, 3.63) is 23.3 Å². The average Bonchev–Trinajstić information content (AvgIpc) is 2.26. The number of unbranched alkanes of at least 4 members (excludes halogenated alkanes) is 2. The highest BCUT2D eigenvalue weighted by atomic mass is 32.1. The molecule has 0 spiro atoms. The van der Waals surface area contributed by atoms with Gasteiger partial charge in [-0.25, -0.2) is 0 Å². The van der Waals surface area contributed by atoms with E-state index in [-0.39, 0.29) is 0 Å². The first-order valence-corrected chi connectivity index (χ1v) is 6.55. The van der Waals surface area contributed by atoms with Gasteiger partial charge in [-0.05, 0) is 49.9 Å². The minimum Gasteiger partial charge on any atom is -0.507 e. The highest BCUT2D eigenvalue weighted by molar-refractivity contribution is 7.80. The molecule has 0 atom stereocenters. The first-order chi connectivity index (χ1) is 8.04. The van der Waals surface area contributed by atoms with E-state index in [1.807, 2.05) is 26.0 Å². The molecule has 1 rings (SSSR count). The van der Waals surface area contributed by atoms with Gasteiger partial charge < -0.3 is 10.4 Å². The lowest BCUT2D eigenvalue weighted by molar-refractivity contribution is 0.467. The van der Waals surface area contributed by atoms with Crippen LogP contribution < -0.4 is 5.32 Å². The molecule has 0 unspecified atom stereocenters. The number of hydrogen-bond acceptors (Lipinski definition) is 2. The molecule has 2 nitrogen and oxygen atoms in total. The zero-order chi connectivity index (χ0) is 12.8. The highest BCUT2D eigenvalue weighted by Crippen LogP contribution is 2.25. The Balaban J connectivity index is 2.60. The van der Waals surface area contributed by atoms with E-state index in [0.717, 1.165) is 34.6 Å². The first kappa shape index (κ1) is 14.0. The van der Waals surface area contributed by atoms with Gasteiger partial charge in [0.05, 0.1) is 4.99 Å². The van der Waals surface area contributed by atoms with Crippen molar-refractivity contribution in [2.24, 2.45) is 0 Å². The number of anilines is 1. The van der Waals surface area contributed by atoms with Gasteiger partial charge in [0.15, 0.2) is 0 Å². The first-order valence-electron chi connectivity index (χ1n) is 6.14. The van der Waals surface area contributed by atoms with E-state index < -0.39 is 0 Å². The van der Waals surface area contributed by atoms with E-state index in [1.165, 1.54) is 12.8 Å². The van der Waals surface area contributed by atoms with E-state index in [9.17, 15) is 5.11 Å². The molecule has 0 saturated carbocycles. The van der Waals surface area contributed by atoms with Crippen LogP contribution in [0.15, 0.2) is 12.1 Å². The Morgan fingerprint density at radius 1 is 1.24 bits per heavy atom. The van der Waals surface area contributed by atoms with Crippen LogP contribution in [0.25, 0.3) is 0 Å². The van der Waals surface area contributed by atoms with Gasteiger partial charge in [0.1, 0.15) is 5.75 Å². The summed E-state index contributed by atoms with van der Waals surface area (Å²) in [5.74, 6) is 0.368. The summed E-state index contributed by atoms with van der Waals surface area (Å²) in [6.45, 7) is 5.98. The molecule has 0 saturated heterocycles. The molecule has 0 heterocycles. The van der Waals surface area contributed by atoms with Crippen LogP contribution in [0.4, 0.5) is 5.69 Å². The van der Waals surface area contributed by atoms with E-state index in [4.69, 9.17) is 12.2 Å². The van der Waals surface area contributed by atoms with Crippen LogP contribution in [-0.2, 0) is 0 Å².